The highest BCUT2D eigenvalue weighted by Gasteiger charge is 2.16. The van der Waals surface area contributed by atoms with E-state index in [9.17, 15) is 8.42 Å². The van der Waals surface area contributed by atoms with Crippen molar-refractivity contribution < 1.29 is 8.42 Å². The van der Waals surface area contributed by atoms with Crippen LogP contribution in [-0.2, 0) is 29.2 Å². The zero-order chi connectivity index (χ0) is 15.7. The van der Waals surface area contributed by atoms with Gasteiger partial charge in [0, 0.05) is 23.9 Å². The lowest BCUT2D eigenvalue weighted by atomic mass is 10.0. The Bertz CT molecular complexity index is 740. The van der Waals surface area contributed by atoms with Crippen LogP contribution in [0.3, 0.4) is 0 Å². The number of hydrogen-bond donors (Lipinski definition) is 0. The molecular formula is C16H20N2O2S2. The Morgan fingerprint density at radius 1 is 1.18 bits per heavy atom. The van der Waals surface area contributed by atoms with Gasteiger partial charge in [-0.1, -0.05) is 0 Å². The van der Waals surface area contributed by atoms with Crippen LogP contribution in [0.1, 0.15) is 28.4 Å². The van der Waals surface area contributed by atoms with E-state index in [0.29, 0.717) is 4.90 Å². The molecule has 4 nitrogen and oxygen atoms in total. The van der Waals surface area contributed by atoms with Crippen LogP contribution in [-0.4, -0.2) is 26.7 Å². The van der Waals surface area contributed by atoms with E-state index in [1.54, 1.807) is 12.1 Å². The first-order valence-corrected chi connectivity index (χ1v) is 10.1. The summed E-state index contributed by atoms with van der Waals surface area (Å²) < 4.78 is 23.0. The quantitative estimate of drug-likeness (QED) is 0.861. The Morgan fingerprint density at radius 3 is 2.50 bits per heavy atom. The van der Waals surface area contributed by atoms with Crippen molar-refractivity contribution in [2.45, 2.75) is 37.1 Å². The first-order chi connectivity index (χ1) is 10.4. The highest BCUT2D eigenvalue weighted by Crippen LogP contribution is 2.28. The van der Waals surface area contributed by atoms with Gasteiger partial charge in [-0.2, -0.15) is 0 Å². The first kappa shape index (κ1) is 15.5. The lowest BCUT2D eigenvalue weighted by molar-refractivity contribution is 0.602. The Balaban J connectivity index is 1.74. The van der Waals surface area contributed by atoms with Gasteiger partial charge in [0.05, 0.1) is 17.1 Å². The normalized spacial score (nSPS) is 14.6. The summed E-state index contributed by atoms with van der Waals surface area (Å²) in [5.41, 5.74) is 2.28. The van der Waals surface area contributed by atoms with Crippen LogP contribution in [0.2, 0.25) is 0 Å². The number of hydrogen-bond acceptors (Lipinski definition) is 5. The summed E-state index contributed by atoms with van der Waals surface area (Å²) in [7, 11) is -1.13. The van der Waals surface area contributed by atoms with Crippen LogP contribution < -0.4 is 4.90 Å². The SMILES string of the molecule is CN(Cc1nc2c(s1)CCCC2)c1ccc(S(C)(=O)=O)cc1. The topological polar surface area (TPSA) is 50.3 Å². The average molecular weight is 336 g/mol. The molecule has 0 saturated carbocycles. The van der Waals surface area contributed by atoms with Crippen molar-refractivity contribution in [3.63, 3.8) is 0 Å². The zero-order valence-electron chi connectivity index (χ0n) is 12.9. The zero-order valence-corrected chi connectivity index (χ0v) is 14.5. The fourth-order valence-electron chi connectivity index (χ4n) is 2.72. The van der Waals surface area contributed by atoms with Gasteiger partial charge in [0.2, 0.25) is 0 Å². The number of fused-ring (bicyclic) bond motifs is 1. The van der Waals surface area contributed by atoms with Crippen molar-refractivity contribution in [3.8, 4) is 0 Å². The van der Waals surface area contributed by atoms with E-state index < -0.39 is 9.84 Å². The van der Waals surface area contributed by atoms with Gasteiger partial charge in [0.25, 0.3) is 0 Å². The third-order valence-electron chi connectivity index (χ3n) is 3.97. The monoisotopic (exact) mass is 336 g/mol. The first-order valence-electron chi connectivity index (χ1n) is 7.42. The van der Waals surface area contributed by atoms with E-state index in [1.807, 2.05) is 30.5 Å². The molecule has 0 spiro atoms. The Morgan fingerprint density at radius 2 is 1.86 bits per heavy atom. The second kappa shape index (κ2) is 6.01. The van der Waals surface area contributed by atoms with Crippen molar-refractivity contribution in [2.24, 2.45) is 0 Å². The molecule has 3 rings (SSSR count). The maximum absolute atomic E-state index is 11.5. The van der Waals surface area contributed by atoms with Crippen LogP contribution in [0.5, 0.6) is 0 Å². The molecule has 118 valence electrons. The van der Waals surface area contributed by atoms with Crippen LogP contribution in [0, 0.1) is 0 Å². The highest BCUT2D eigenvalue weighted by atomic mass is 32.2. The number of nitrogens with zero attached hydrogens (tertiary/aromatic N) is 2. The lowest BCUT2D eigenvalue weighted by Gasteiger charge is -2.18. The number of anilines is 1. The number of aromatic nitrogens is 1. The van der Waals surface area contributed by atoms with Crippen LogP contribution in [0.4, 0.5) is 5.69 Å². The summed E-state index contributed by atoms with van der Waals surface area (Å²) in [6, 6.07) is 7.02. The minimum absolute atomic E-state index is 0.356. The van der Waals surface area contributed by atoms with E-state index in [2.05, 4.69) is 4.90 Å². The van der Waals surface area contributed by atoms with Gasteiger partial charge in [-0.15, -0.1) is 11.3 Å². The summed E-state index contributed by atoms with van der Waals surface area (Å²) in [6.07, 6.45) is 6.03. The Hall–Kier alpha value is -1.40. The van der Waals surface area contributed by atoms with Gasteiger partial charge in [-0.3, -0.25) is 0 Å². The van der Waals surface area contributed by atoms with Gasteiger partial charge in [0.15, 0.2) is 9.84 Å². The van der Waals surface area contributed by atoms with E-state index in [1.165, 1.54) is 36.1 Å². The van der Waals surface area contributed by atoms with E-state index in [0.717, 1.165) is 23.7 Å². The largest absolute Gasteiger partial charge is 0.368 e. The van der Waals surface area contributed by atoms with Crippen molar-refractivity contribution in [3.05, 3.63) is 39.8 Å². The molecular weight excluding hydrogens is 316 g/mol. The fourth-order valence-corrected chi connectivity index (χ4v) is 4.56. The Kier molecular flexibility index (Phi) is 4.23. The maximum atomic E-state index is 11.5. The highest BCUT2D eigenvalue weighted by molar-refractivity contribution is 7.90. The molecule has 1 heterocycles. The number of thiazole rings is 1. The van der Waals surface area contributed by atoms with Gasteiger partial charge >= 0.3 is 0 Å². The second-order valence-corrected chi connectivity index (χ2v) is 8.99. The Labute approximate surface area is 135 Å². The summed E-state index contributed by atoms with van der Waals surface area (Å²) in [6.45, 7) is 0.760. The molecule has 6 heteroatoms. The van der Waals surface area contributed by atoms with Crippen molar-refractivity contribution >= 4 is 26.9 Å². The number of sulfone groups is 1. The average Bonchev–Trinajstić information content (AvgIpc) is 2.88. The molecule has 0 bridgehead atoms. The summed E-state index contributed by atoms with van der Waals surface area (Å²) in [4.78, 5) is 8.66. The predicted molar refractivity (Wildman–Crippen MR) is 90.4 cm³/mol. The minimum atomic E-state index is -3.14. The van der Waals surface area contributed by atoms with Gasteiger partial charge in [0.1, 0.15) is 5.01 Å². The van der Waals surface area contributed by atoms with Crippen LogP contribution in [0.25, 0.3) is 0 Å². The summed E-state index contributed by atoms with van der Waals surface area (Å²) in [5, 5.41) is 1.14. The van der Waals surface area contributed by atoms with E-state index >= 15 is 0 Å². The summed E-state index contributed by atoms with van der Waals surface area (Å²) >= 11 is 1.82. The molecule has 0 radical (unpaired) electrons. The van der Waals surface area contributed by atoms with Gasteiger partial charge < -0.3 is 4.90 Å². The van der Waals surface area contributed by atoms with Crippen LogP contribution in [0.15, 0.2) is 29.2 Å². The number of benzene rings is 1. The van der Waals surface area contributed by atoms with Gasteiger partial charge in [-0.05, 0) is 49.9 Å². The standard InChI is InChI=1S/C16H20N2O2S2/c1-18(12-7-9-13(10-8-12)22(2,19)20)11-16-17-14-5-3-4-6-15(14)21-16/h7-10H,3-6,11H2,1-2H3. The van der Waals surface area contributed by atoms with E-state index in [-0.39, 0.29) is 0 Å². The van der Waals surface area contributed by atoms with Crippen LogP contribution >= 0.6 is 11.3 Å². The molecule has 0 saturated heterocycles. The smallest absolute Gasteiger partial charge is 0.175 e. The molecule has 0 aliphatic heterocycles. The van der Waals surface area contributed by atoms with Crippen molar-refractivity contribution in [1.29, 1.82) is 0 Å². The van der Waals surface area contributed by atoms with Crippen molar-refractivity contribution in [2.75, 3.05) is 18.2 Å². The molecule has 2 aromatic rings. The molecule has 1 aromatic heterocycles. The summed E-state index contributed by atoms with van der Waals surface area (Å²) in [5.74, 6) is 0. The molecule has 0 atom stereocenters. The molecule has 22 heavy (non-hydrogen) atoms. The molecule has 1 aliphatic carbocycles. The maximum Gasteiger partial charge on any atom is 0.175 e. The lowest BCUT2D eigenvalue weighted by Crippen LogP contribution is -2.16. The van der Waals surface area contributed by atoms with Crippen molar-refractivity contribution in [1.82, 2.24) is 4.98 Å². The molecule has 0 N–H and O–H groups in total. The van der Waals surface area contributed by atoms with Gasteiger partial charge in [-0.25, -0.2) is 13.4 Å². The molecule has 1 aromatic carbocycles. The number of rotatable bonds is 4. The second-order valence-electron chi connectivity index (χ2n) is 5.81. The number of aryl methyl sites for hydroxylation is 2. The predicted octanol–water partition coefficient (Wildman–Crippen LogP) is 3.06. The van der Waals surface area contributed by atoms with E-state index in [4.69, 9.17) is 4.98 Å². The third-order valence-corrected chi connectivity index (χ3v) is 6.24. The third kappa shape index (κ3) is 3.33. The molecule has 1 aliphatic rings. The fraction of sp³-hybridized carbons (Fsp3) is 0.438. The molecule has 0 fully saturated rings. The molecule has 0 amide bonds. The minimum Gasteiger partial charge on any atom is -0.368 e. The molecule has 0 unspecified atom stereocenters.